The number of nitrogens with one attached hydrogen (secondary N) is 1. The van der Waals surface area contributed by atoms with Crippen LogP contribution in [0.4, 0.5) is 0 Å². The summed E-state index contributed by atoms with van der Waals surface area (Å²) in [5.74, 6) is 1.44. The molecule has 0 unspecified atom stereocenters. The zero-order valence-electron chi connectivity index (χ0n) is 66.7. The van der Waals surface area contributed by atoms with Gasteiger partial charge in [0.1, 0.15) is 5.78 Å². The molecule has 12 heterocycles. The summed E-state index contributed by atoms with van der Waals surface area (Å²) in [6, 6.07) is 33.2. The van der Waals surface area contributed by atoms with E-state index in [-0.39, 0.29) is 62.7 Å². The Balaban J connectivity index is 0.000000190. The zero-order chi connectivity index (χ0) is 79.8. The van der Waals surface area contributed by atoms with Gasteiger partial charge in [0.25, 0.3) is 30.1 Å². The molecule has 0 atom stereocenters. The van der Waals surface area contributed by atoms with E-state index in [1.165, 1.54) is 61.8 Å². The first kappa shape index (κ1) is 93.8. The van der Waals surface area contributed by atoms with E-state index in [1.54, 1.807) is 136 Å². The fraction of sp³-hybridized carbons (Fsp3) is 0.449. The first-order valence-corrected chi connectivity index (χ1v) is 44.1. The predicted molar refractivity (Wildman–Crippen MR) is 480 cm³/mol. The number of piperazine rings is 3. The number of aliphatic hydroxyl groups excluding tert-OH is 1. The Morgan fingerprint density at radius 1 is 0.361 bits per heavy atom. The molecule has 3 aromatic carbocycles. The summed E-state index contributed by atoms with van der Waals surface area (Å²) in [6.07, 6.45) is 33.7. The number of likely N-dealkylation sites (N-methyl/N-ethyl adjacent to an activating group) is 3. The van der Waals surface area contributed by atoms with Gasteiger partial charge in [0.15, 0.2) is 16.9 Å². The topological polar surface area (TPSA) is 275 Å². The number of carbonyl (C=O) groups excluding carboxylic acids is 1. The lowest BCUT2D eigenvalue weighted by atomic mass is 9.81. The molecule has 18 rings (SSSR count). The molecule has 0 radical (unpaired) electrons. The Morgan fingerprint density at radius 2 is 0.639 bits per heavy atom. The number of aliphatic hydroxyl groups is 1. The van der Waals surface area contributed by atoms with Crippen molar-refractivity contribution < 1.29 is 35.2 Å². The Hall–Kier alpha value is -9.11. The number of nitrogens with zero attached hydrogens (tertiary/aromatic N) is 17. The summed E-state index contributed by atoms with van der Waals surface area (Å²) in [4.78, 5) is 39.0. The summed E-state index contributed by atoms with van der Waals surface area (Å²) in [5, 5.41) is 25.7. The highest BCUT2D eigenvalue weighted by Gasteiger charge is 2.34. The fourth-order valence-corrected chi connectivity index (χ4v) is 21.0. The number of rotatable bonds is 14. The number of ketones is 1. The van der Waals surface area contributed by atoms with Gasteiger partial charge >= 0.3 is 0 Å². The van der Waals surface area contributed by atoms with Crippen LogP contribution in [0.15, 0.2) is 198 Å². The second-order valence-corrected chi connectivity index (χ2v) is 36.6. The third-order valence-corrected chi connectivity index (χ3v) is 28.6. The molecule has 30 heteroatoms. The van der Waals surface area contributed by atoms with Crippen LogP contribution in [0.1, 0.15) is 141 Å². The number of benzene rings is 3. The van der Waals surface area contributed by atoms with Crippen molar-refractivity contribution >= 4 is 81.4 Å². The van der Waals surface area contributed by atoms with Gasteiger partial charge < -0.3 is 25.1 Å². The molecular formula is C89H123ClN18O8S3. The lowest BCUT2D eigenvalue weighted by Gasteiger charge is -2.41. The van der Waals surface area contributed by atoms with Crippen LogP contribution < -0.4 is 5.32 Å². The van der Waals surface area contributed by atoms with Crippen molar-refractivity contribution in [3.8, 4) is 33.4 Å². The number of hydrogen-bond donors (Lipinski definition) is 2. The molecule has 0 bridgehead atoms. The van der Waals surface area contributed by atoms with Crippen LogP contribution in [-0.4, -0.2) is 236 Å². The molecule has 3 saturated heterocycles. The molecule has 2 N–H and O–H groups in total. The summed E-state index contributed by atoms with van der Waals surface area (Å²) < 4.78 is 90.2. The zero-order valence-corrected chi connectivity index (χ0v) is 70.0. The van der Waals surface area contributed by atoms with Crippen molar-refractivity contribution in [3.63, 3.8) is 0 Å². The van der Waals surface area contributed by atoms with E-state index in [0.29, 0.717) is 59.5 Å². The van der Waals surface area contributed by atoms with E-state index >= 15 is 0 Å². The van der Waals surface area contributed by atoms with E-state index in [2.05, 4.69) is 83.4 Å². The first-order chi connectivity index (χ1) is 55.1. The van der Waals surface area contributed by atoms with Crippen molar-refractivity contribution in [2.75, 3.05) is 107 Å². The third-order valence-electron chi connectivity index (χ3n) is 23.6. The van der Waals surface area contributed by atoms with Crippen molar-refractivity contribution in [1.82, 2.24) is 86.0 Å². The molecule has 3 aliphatic carbocycles. The van der Waals surface area contributed by atoms with E-state index in [4.69, 9.17) is 15.1 Å². The standard InChI is InChI=1S/2C28H34N6O2S.C23H22N4O3S.C5H12N2.CH4O.4CH4.ClH/c2*1-31-12-14-33(15-13-31)24-10-8-21(9-11-24)22-16-26-27(23-18-30-32(2)19-23)20-34(28(26)29-17-22)37(35,36)25-6-4-3-5-7-25;1-26-14-18(13-25-26)22-15-27(31(29,30)20-5-3-2-4-6-20)23-21(22)11-17(12-24-23)16-7-9-19(28)10-8-16;1-7-4-2-6-3-5-7;1-2;;;;;/h2*3-7,16-21,24H,8-15H2,1-2H3;2-6,11-16H,7-10H2,1H3;6H,2-5H2,1H3;2H,1H3;4*1H4;1H. The Morgan fingerprint density at radius 3 is 0.899 bits per heavy atom. The lowest BCUT2D eigenvalue weighted by molar-refractivity contribution is -0.120. The average Bonchev–Trinajstić information content (AvgIpc) is 1.66. The third kappa shape index (κ3) is 21.1. The van der Waals surface area contributed by atoms with Gasteiger partial charge in [0.05, 0.1) is 33.3 Å². The monoisotopic (exact) mass is 1700 g/mol. The maximum atomic E-state index is 13.6. The predicted octanol–water partition coefficient (Wildman–Crippen LogP) is 13.9. The van der Waals surface area contributed by atoms with Crippen LogP contribution >= 0.6 is 12.4 Å². The highest BCUT2D eigenvalue weighted by molar-refractivity contribution is 7.90. The molecule has 119 heavy (non-hydrogen) atoms. The largest absolute Gasteiger partial charge is 0.400 e. The first-order valence-electron chi connectivity index (χ1n) is 39.8. The molecule has 12 aromatic rings. The summed E-state index contributed by atoms with van der Waals surface area (Å²) in [5.41, 5.74) is 9.77. The number of aromatic nitrogens is 12. The molecule has 26 nitrogen and oxygen atoms in total. The van der Waals surface area contributed by atoms with Crippen LogP contribution in [0, 0.1) is 0 Å². The van der Waals surface area contributed by atoms with Gasteiger partial charge in [-0.3, -0.25) is 28.6 Å². The Labute approximate surface area is 710 Å². The van der Waals surface area contributed by atoms with E-state index < -0.39 is 30.1 Å². The molecule has 642 valence electrons. The Kier molecular flexibility index (Phi) is 32.6. The molecule has 0 spiro atoms. The molecule has 3 aliphatic heterocycles. The van der Waals surface area contributed by atoms with E-state index in [0.717, 1.165) is 166 Å². The van der Waals surface area contributed by atoms with Crippen LogP contribution in [0.2, 0.25) is 0 Å². The number of halogens is 1. The van der Waals surface area contributed by atoms with Crippen molar-refractivity contribution in [1.29, 1.82) is 0 Å². The molecule has 6 fully saturated rings. The Bertz CT molecular complexity index is 5380. The minimum Gasteiger partial charge on any atom is -0.400 e. The van der Waals surface area contributed by atoms with Gasteiger partial charge in [-0.05, 0) is 174 Å². The molecular weight excluding hydrogens is 1580 g/mol. The smallest absolute Gasteiger partial charge is 0.269 e. The van der Waals surface area contributed by atoms with Crippen LogP contribution in [-0.2, 0) is 56.0 Å². The minimum absolute atomic E-state index is 0. The van der Waals surface area contributed by atoms with Gasteiger partial charge in [-0.25, -0.2) is 52.1 Å². The lowest BCUT2D eigenvalue weighted by Crippen LogP contribution is -2.49. The van der Waals surface area contributed by atoms with Crippen LogP contribution in [0.25, 0.3) is 66.5 Å². The SMILES string of the molecule is C.C.C.C.CN1CCN(C2CCC(c3cnc4c(c3)c(-c3cnn(C)c3)cn4S(=O)(=O)c3ccccc3)CC2)CC1.CN1CCN(C2CCC(c3cnc4c(c3)c(-c3cnn(C)c3)cn4S(=O)(=O)c3ccccc3)CC2)CC1.CN1CCNCC1.CO.Cl.Cn1cc(-c2cn(S(=O)(=O)c3ccccc3)c3ncc(C4CCC(=O)CC4)cc23)cn1. The number of carbonyl (C=O) groups is 1. The highest BCUT2D eigenvalue weighted by atomic mass is 35.5. The maximum absolute atomic E-state index is 13.6. The molecule has 6 aliphatic rings. The number of Topliss-reactive ketones (excluding diaryl/α,β-unsaturated/α-hetero) is 1. The number of pyridine rings is 3. The maximum Gasteiger partial charge on any atom is 0.269 e. The second kappa shape index (κ2) is 41.4. The van der Waals surface area contributed by atoms with Gasteiger partial charge in [-0.2, -0.15) is 15.3 Å². The van der Waals surface area contributed by atoms with Crippen molar-refractivity contribution in [2.45, 2.75) is 151 Å². The normalized spacial score (nSPS) is 19.3. The molecule has 3 saturated carbocycles. The van der Waals surface area contributed by atoms with E-state index in [9.17, 15) is 30.0 Å². The van der Waals surface area contributed by atoms with Gasteiger partial charge in [-0.15, -0.1) is 12.4 Å². The van der Waals surface area contributed by atoms with E-state index in [1.807, 2.05) is 70.3 Å². The molecule has 9 aromatic heterocycles. The number of aryl methyl sites for hydroxylation is 3. The second-order valence-electron chi connectivity index (χ2n) is 31.2. The summed E-state index contributed by atoms with van der Waals surface area (Å²) >= 11 is 0. The highest BCUT2D eigenvalue weighted by Crippen LogP contribution is 2.43. The average molecular weight is 1700 g/mol. The van der Waals surface area contributed by atoms with Gasteiger partial charge in [-0.1, -0.05) is 84.3 Å². The van der Waals surface area contributed by atoms with Crippen molar-refractivity contribution in [3.05, 3.63) is 200 Å². The van der Waals surface area contributed by atoms with Gasteiger partial charge in [0.2, 0.25) is 0 Å². The summed E-state index contributed by atoms with van der Waals surface area (Å²) in [6.45, 7) is 14.0. The van der Waals surface area contributed by atoms with Crippen molar-refractivity contribution in [2.24, 2.45) is 21.1 Å². The fourth-order valence-electron chi connectivity index (χ4n) is 17.0. The molecule has 0 amide bonds. The number of fused-ring (bicyclic) bond motifs is 3. The van der Waals surface area contributed by atoms with Gasteiger partial charge in [0, 0.05) is 237 Å². The minimum atomic E-state index is -3.81. The van der Waals surface area contributed by atoms with Crippen LogP contribution in [0.5, 0.6) is 0 Å². The number of hydrogen-bond acceptors (Lipinski definition) is 20. The quantitative estimate of drug-likeness (QED) is 0.102. The van der Waals surface area contributed by atoms with Crippen LogP contribution in [0.3, 0.4) is 0 Å². The summed E-state index contributed by atoms with van der Waals surface area (Å²) in [7, 11) is 1.73.